The lowest BCUT2D eigenvalue weighted by Crippen LogP contribution is -2.41. The highest BCUT2D eigenvalue weighted by Gasteiger charge is 2.38. The van der Waals surface area contributed by atoms with Gasteiger partial charge in [-0.25, -0.2) is 0 Å². The molecule has 1 saturated heterocycles. The molecule has 6 heteroatoms. The van der Waals surface area contributed by atoms with E-state index in [2.05, 4.69) is 23.4 Å². The monoisotopic (exact) mass is 358 g/mol. The van der Waals surface area contributed by atoms with Crippen LogP contribution in [0.5, 0.6) is 0 Å². The van der Waals surface area contributed by atoms with Crippen molar-refractivity contribution in [2.75, 3.05) is 19.6 Å². The largest absolute Gasteiger partial charge is 0.338 e. The van der Waals surface area contributed by atoms with E-state index in [9.17, 15) is 4.79 Å². The topological polar surface area (TPSA) is 50.2 Å². The molecule has 1 N–H and O–H groups in total. The first-order valence-corrected chi connectivity index (χ1v) is 9.18. The summed E-state index contributed by atoms with van der Waals surface area (Å²) in [7, 11) is 1.95. The van der Waals surface area contributed by atoms with E-state index in [1.54, 1.807) is 0 Å². The first kappa shape index (κ1) is 16.6. The van der Waals surface area contributed by atoms with Crippen molar-refractivity contribution in [1.82, 2.24) is 20.0 Å². The number of hydrogen-bond donors (Lipinski definition) is 1. The van der Waals surface area contributed by atoms with Gasteiger partial charge in [0.15, 0.2) is 0 Å². The van der Waals surface area contributed by atoms with Crippen LogP contribution in [-0.2, 0) is 24.8 Å². The maximum atomic E-state index is 13.2. The number of aryl methyl sites for hydroxylation is 1. The Hall–Kier alpha value is -1.85. The summed E-state index contributed by atoms with van der Waals surface area (Å²) in [4.78, 5) is 15.2. The summed E-state index contributed by atoms with van der Waals surface area (Å²) in [5.74, 6) is 0.412. The van der Waals surface area contributed by atoms with E-state index in [0.29, 0.717) is 6.54 Å². The number of carbonyl (C=O) groups is 1. The quantitative estimate of drug-likeness (QED) is 0.896. The molecule has 0 saturated carbocycles. The second kappa shape index (κ2) is 6.46. The first-order valence-electron chi connectivity index (χ1n) is 8.80. The van der Waals surface area contributed by atoms with Gasteiger partial charge in [-0.05, 0) is 36.1 Å². The molecule has 1 aromatic heterocycles. The number of hydrogen-bond acceptors (Lipinski definition) is 3. The van der Waals surface area contributed by atoms with Gasteiger partial charge in [0.2, 0.25) is 5.91 Å². The van der Waals surface area contributed by atoms with Crippen LogP contribution in [0.4, 0.5) is 0 Å². The third-order valence-electron chi connectivity index (χ3n) is 5.72. The molecule has 2 aromatic rings. The van der Waals surface area contributed by atoms with Crippen molar-refractivity contribution in [2.24, 2.45) is 13.0 Å². The fraction of sp³-hybridized carbons (Fsp3) is 0.474. The number of aromatic nitrogens is 2. The Morgan fingerprint density at radius 2 is 2.20 bits per heavy atom. The van der Waals surface area contributed by atoms with E-state index in [0.717, 1.165) is 36.8 Å². The smallest absolute Gasteiger partial charge is 0.227 e. The molecule has 0 spiro atoms. The van der Waals surface area contributed by atoms with Crippen LogP contribution in [0.25, 0.3) is 0 Å². The molecule has 3 heterocycles. The molecule has 0 radical (unpaired) electrons. The molecule has 2 aliphatic heterocycles. The second-order valence-electron chi connectivity index (χ2n) is 7.07. The maximum Gasteiger partial charge on any atom is 0.227 e. The molecule has 0 unspecified atom stereocenters. The SMILES string of the molecule is Cc1c([C@H]2CNC[C@@H]2C(=O)N2CCc3c(Cl)cccc3C2)cnn1C. The van der Waals surface area contributed by atoms with Crippen LogP contribution in [0.3, 0.4) is 0 Å². The van der Waals surface area contributed by atoms with Gasteiger partial charge in [0.05, 0.1) is 12.1 Å². The highest BCUT2D eigenvalue weighted by Crippen LogP contribution is 2.33. The van der Waals surface area contributed by atoms with Crippen molar-refractivity contribution in [3.05, 3.63) is 51.8 Å². The van der Waals surface area contributed by atoms with Gasteiger partial charge < -0.3 is 10.2 Å². The predicted octanol–water partition coefficient (Wildman–Crippen LogP) is 2.27. The van der Waals surface area contributed by atoms with Crippen molar-refractivity contribution in [3.63, 3.8) is 0 Å². The Balaban J connectivity index is 1.55. The Morgan fingerprint density at radius 3 is 2.96 bits per heavy atom. The van der Waals surface area contributed by atoms with Crippen LogP contribution in [0.1, 0.15) is 28.3 Å². The van der Waals surface area contributed by atoms with Gasteiger partial charge in [0.25, 0.3) is 0 Å². The van der Waals surface area contributed by atoms with Crippen molar-refractivity contribution in [1.29, 1.82) is 0 Å². The Morgan fingerprint density at radius 1 is 1.36 bits per heavy atom. The highest BCUT2D eigenvalue weighted by atomic mass is 35.5. The number of nitrogens with zero attached hydrogens (tertiary/aromatic N) is 3. The van der Waals surface area contributed by atoms with Gasteiger partial charge in [0, 0.05) is 49.9 Å². The fourth-order valence-corrected chi connectivity index (χ4v) is 4.42. The molecule has 0 bridgehead atoms. The minimum Gasteiger partial charge on any atom is -0.338 e. The summed E-state index contributed by atoms with van der Waals surface area (Å²) < 4.78 is 1.88. The Kier molecular flexibility index (Phi) is 4.29. The third kappa shape index (κ3) is 2.85. The molecule has 132 valence electrons. The van der Waals surface area contributed by atoms with Gasteiger partial charge in [-0.3, -0.25) is 9.48 Å². The van der Waals surface area contributed by atoms with E-state index in [1.807, 2.05) is 35.0 Å². The lowest BCUT2D eigenvalue weighted by atomic mass is 9.87. The molecule has 25 heavy (non-hydrogen) atoms. The number of halogens is 1. The maximum absolute atomic E-state index is 13.2. The normalized spacial score (nSPS) is 22.9. The molecule has 2 atom stereocenters. The molecule has 1 amide bonds. The van der Waals surface area contributed by atoms with Crippen molar-refractivity contribution in [2.45, 2.75) is 25.8 Å². The van der Waals surface area contributed by atoms with Crippen molar-refractivity contribution < 1.29 is 4.79 Å². The first-order chi connectivity index (χ1) is 12.1. The van der Waals surface area contributed by atoms with Crippen LogP contribution >= 0.6 is 11.6 Å². The van der Waals surface area contributed by atoms with E-state index in [-0.39, 0.29) is 17.7 Å². The summed E-state index contributed by atoms with van der Waals surface area (Å²) in [5.41, 5.74) is 4.69. The molecule has 5 nitrogen and oxygen atoms in total. The van der Waals surface area contributed by atoms with E-state index < -0.39 is 0 Å². The van der Waals surface area contributed by atoms with Crippen LogP contribution in [-0.4, -0.2) is 40.2 Å². The summed E-state index contributed by atoms with van der Waals surface area (Å²) in [6.45, 7) is 5.03. The van der Waals surface area contributed by atoms with Gasteiger partial charge in [0.1, 0.15) is 0 Å². The second-order valence-corrected chi connectivity index (χ2v) is 7.47. The van der Waals surface area contributed by atoms with Crippen LogP contribution in [0, 0.1) is 12.8 Å². The summed E-state index contributed by atoms with van der Waals surface area (Å²) in [5, 5.41) is 8.57. The molecule has 1 fully saturated rings. The third-order valence-corrected chi connectivity index (χ3v) is 6.08. The molecule has 0 aliphatic carbocycles. The number of benzene rings is 1. The van der Waals surface area contributed by atoms with Gasteiger partial charge in [-0.1, -0.05) is 23.7 Å². The van der Waals surface area contributed by atoms with Gasteiger partial charge >= 0.3 is 0 Å². The lowest BCUT2D eigenvalue weighted by Gasteiger charge is -2.32. The standard InChI is InChI=1S/C19H23ClN4O/c1-12-15(10-22-23(12)2)16-8-21-9-17(16)19(25)24-7-6-14-13(11-24)4-3-5-18(14)20/h3-5,10,16-17,21H,6-9,11H2,1-2H3/t16-,17+/m1/s1. The fourth-order valence-electron chi connectivity index (χ4n) is 4.13. The highest BCUT2D eigenvalue weighted by molar-refractivity contribution is 6.31. The molecule has 2 aliphatic rings. The van der Waals surface area contributed by atoms with Crippen LogP contribution < -0.4 is 5.32 Å². The molecular weight excluding hydrogens is 336 g/mol. The average molecular weight is 359 g/mol. The van der Waals surface area contributed by atoms with E-state index >= 15 is 0 Å². The average Bonchev–Trinajstić information content (AvgIpc) is 3.21. The van der Waals surface area contributed by atoms with Crippen molar-refractivity contribution in [3.8, 4) is 0 Å². The summed E-state index contributed by atoms with van der Waals surface area (Å²) >= 11 is 6.30. The number of amides is 1. The zero-order valence-corrected chi connectivity index (χ0v) is 15.4. The van der Waals surface area contributed by atoms with Gasteiger partial charge in [-0.15, -0.1) is 0 Å². The molecule has 4 rings (SSSR count). The lowest BCUT2D eigenvalue weighted by molar-refractivity contribution is -0.136. The zero-order chi connectivity index (χ0) is 17.6. The van der Waals surface area contributed by atoms with Crippen molar-refractivity contribution >= 4 is 17.5 Å². The summed E-state index contributed by atoms with van der Waals surface area (Å²) in [6.07, 6.45) is 2.75. The number of nitrogens with one attached hydrogen (secondary N) is 1. The van der Waals surface area contributed by atoms with E-state index in [4.69, 9.17) is 11.6 Å². The predicted molar refractivity (Wildman–Crippen MR) is 97.6 cm³/mol. The number of carbonyl (C=O) groups excluding carboxylic acids is 1. The number of fused-ring (bicyclic) bond motifs is 1. The molecular formula is C19H23ClN4O. The van der Waals surface area contributed by atoms with Crippen LogP contribution in [0.15, 0.2) is 24.4 Å². The van der Waals surface area contributed by atoms with E-state index in [1.165, 1.54) is 16.7 Å². The minimum absolute atomic E-state index is 0.0244. The Labute approximate surface area is 153 Å². The Bertz CT molecular complexity index is 816. The minimum atomic E-state index is -0.0244. The molecule has 1 aromatic carbocycles. The summed E-state index contributed by atoms with van der Waals surface area (Å²) in [6, 6.07) is 5.98. The van der Waals surface area contributed by atoms with Gasteiger partial charge in [-0.2, -0.15) is 5.10 Å². The number of rotatable bonds is 2. The van der Waals surface area contributed by atoms with Crippen LogP contribution in [0.2, 0.25) is 5.02 Å². The zero-order valence-electron chi connectivity index (χ0n) is 14.6.